The summed E-state index contributed by atoms with van der Waals surface area (Å²) in [5, 5.41) is 0. The van der Waals surface area contributed by atoms with Gasteiger partial charge < -0.3 is 4.55 Å². The van der Waals surface area contributed by atoms with Gasteiger partial charge in [0.1, 0.15) is 12.4 Å². The molecular formula is C19H38N2O4S. The fraction of sp³-hybridized carbons (Fsp3) is 0.842. The molecule has 0 atom stereocenters. The highest BCUT2D eigenvalue weighted by atomic mass is 32.3. The Hall–Kier alpha value is -0.920. The Morgan fingerprint density at radius 3 is 1.58 bits per heavy atom. The highest BCUT2D eigenvalue weighted by Crippen LogP contribution is 2.12. The Balaban J connectivity index is 0.00000110. The lowest BCUT2D eigenvalue weighted by atomic mass is 10.0. The molecule has 0 saturated carbocycles. The fourth-order valence-electron chi connectivity index (χ4n) is 2.95. The zero-order chi connectivity index (χ0) is 19.5. The molecule has 0 saturated heterocycles. The van der Waals surface area contributed by atoms with Gasteiger partial charge in [-0.1, -0.05) is 84.0 Å². The standard InChI is InChI=1S/C19H36N2.H2O4S/c1-2-3-4-5-6-7-8-9-10-11-12-13-14-15-17-21-18-16-20-19-21;1-5(2,3)4/h16,18-19H,2-15,17H2,1H3;(H2,1,2,3,4). The van der Waals surface area contributed by atoms with Crippen LogP contribution in [0.25, 0.3) is 0 Å². The Morgan fingerprint density at radius 2 is 1.23 bits per heavy atom. The molecule has 2 N–H and O–H groups in total. The number of nitrogens with one attached hydrogen (secondary N) is 1. The number of H-pyrrole nitrogens is 1. The quantitative estimate of drug-likeness (QED) is 0.195. The molecule has 0 aliphatic heterocycles. The monoisotopic (exact) mass is 390 g/mol. The predicted molar refractivity (Wildman–Crippen MR) is 104 cm³/mol. The number of hydrogen-bond acceptors (Lipinski definition) is 3. The van der Waals surface area contributed by atoms with E-state index in [0.29, 0.717) is 0 Å². The Bertz CT molecular complexity index is 482. The number of aryl methyl sites for hydroxylation is 1. The molecule has 0 amide bonds. The molecule has 0 radical (unpaired) electrons. The lowest BCUT2D eigenvalue weighted by Crippen LogP contribution is -2.30. The topological polar surface area (TPSA) is 97.1 Å². The normalized spacial score (nSPS) is 11.2. The first-order valence-corrected chi connectivity index (χ1v) is 11.5. The SMILES string of the molecule is CCCCCCCCCCCCCCCC[n+]1cc[nH]c1.O=S(=O)([O-])O. The second kappa shape index (κ2) is 17.5. The van der Waals surface area contributed by atoms with Crippen molar-refractivity contribution in [1.82, 2.24) is 4.98 Å². The minimum atomic E-state index is -4.92. The number of rotatable bonds is 15. The third-order valence-corrected chi connectivity index (χ3v) is 4.37. The van der Waals surface area contributed by atoms with Crippen LogP contribution in [0.15, 0.2) is 18.7 Å². The van der Waals surface area contributed by atoms with Crippen LogP contribution in [0.1, 0.15) is 96.8 Å². The molecule has 0 unspecified atom stereocenters. The van der Waals surface area contributed by atoms with Crippen molar-refractivity contribution in [3.05, 3.63) is 18.7 Å². The van der Waals surface area contributed by atoms with Crippen LogP contribution in [-0.4, -0.2) is 22.5 Å². The van der Waals surface area contributed by atoms with Crippen molar-refractivity contribution in [3.63, 3.8) is 0 Å². The summed E-state index contributed by atoms with van der Waals surface area (Å²) in [6.07, 6.45) is 26.2. The van der Waals surface area contributed by atoms with Gasteiger partial charge in [-0.15, -0.1) is 0 Å². The van der Waals surface area contributed by atoms with Gasteiger partial charge in [0.2, 0.25) is 16.7 Å². The second-order valence-corrected chi connectivity index (χ2v) is 7.73. The number of unbranched alkanes of at least 4 members (excludes halogenated alkanes) is 13. The van der Waals surface area contributed by atoms with Crippen LogP contribution in [0.2, 0.25) is 0 Å². The number of aromatic amines is 1. The average Bonchev–Trinajstić information content (AvgIpc) is 3.07. The van der Waals surface area contributed by atoms with Crippen molar-refractivity contribution in [2.75, 3.05) is 0 Å². The summed E-state index contributed by atoms with van der Waals surface area (Å²) in [5.41, 5.74) is 0. The molecular weight excluding hydrogens is 352 g/mol. The van der Waals surface area contributed by atoms with Gasteiger partial charge in [-0.3, -0.25) is 9.54 Å². The molecule has 7 heteroatoms. The number of imidazole rings is 1. The van der Waals surface area contributed by atoms with E-state index < -0.39 is 10.4 Å². The van der Waals surface area contributed by atoms with Crippen molar-refractivity contribution in [2.24, 2.45) is 0 Å². The Morgan fingerprint density at radius 1 is 0.846 bits per heavy atom. The molecule has 154 valence electrons. The van der Waals surface area contributed by atoms with Gasteiger partial charge in [0.05, 0.1) is 6.54 Å². The summed E-state index contributed by atoms with van der Waals surface area (Å²) in [7, 11) is -4.92. The smallest absolute Gasteiger partial charge is 0.241 e. The zero-order valence-electron chi connectivity index (χ0n) is 16.4. The van der Waals surface area contributed by atoms with E-state index >= 15 is 0 Å². The fourth-order valence-corrected chi connectivity index (χ4v) is 2.95. The van der Waals surface area contributed by atoms with Crippen LogP contribution in [0.3, 0.4) is 0 Å². The van der Waals surface area contributed by atoms with Crippen LogP contribution in [0, 0.1) is 0 Å². The molecule has 0 aliphatic rings. The molecule has 1 aromatic heterocycles. The van der Waals surface area contributed by atoms with Gasteiger partial charge in [0, 0.05) is 0 Å². The van der Waals surface area contributed by atoms with E-state index in [0.717, 1.165) is 0 Å². The van der Waals surface area contributed by atoms with Gasteiger partial charge in [0.15, 0.2) is 0 Å². The number of nitrogens with zero attached hydrogens (tertiary/aromatic N) is 1. The Kier molecular flexibility index (Phi) is 16.9. The summed E-state index contributed by atoms with van der Waals surface area (Å²) in [6, 6.07) is 0. The second-order valence-electron chi connectivity index (χ2n) is 6.87. The predicted octanol–water partition coefficient (Wildman–Crippen LogP) is 4.79. The number of aromatic nitrogens is 2. The third kappa shape index (κ3) is 23.1. The lowest BCUT2D eigenvalue weighted by molar-refractivity contribution is -0.696. The van der Waals surface area contributed by atoms with Crippen LogP contribution in [0.4, 0.5) is 0 Å². The van der Waals surface area contributed by atoms with Gasteiger partial charge in [-0.05, 0) is 12.8 Å². The van der Waals surface area contributed by atoms with E-state index in [-0.39, 0.29) is 0 Å². The molecule has 0 spiro atoms. The van der Waals surface area contributed by atoms with E-state index in [1.165, 1.54) is 96.4 Å². The van der Waals surface area contributed by atoms with E-state index in [1.807, 2.05) is 12.5 Å². The van der Waals surface area contributed by atoms with Gasteiger partial charge in [0.25, 0.3) is 0 Å². The first-order chi connectivity index (χ1) is 12.4. The van der Waals surface area contributed by atoms with E-state index in [9.17, 15) is 0 Å². The highest BCUT2D eigenvalue weighted by Gasteiger charge is 1.97. The minimum Gasteiger partial charge on any atom is -0.726 e. The largest absolute Gasteiger partial charge is 0.726 e. The molecule has 26 heavy (non-hydrogen) atoms. The van der Waals surface area contributed by atoms with Crippen molar-refractivity contribution >= 4 is 10.4 Å². The first kappa shape index (κ1) is 25.1. The maximum absolute atomic E-state index is 8.63. The minimum absolute atomic E-state index is 1.17. The van der Waals surface area contributed by atoms with Crippen molar-refractivity contribution in [1.29, 1.82) is 0 Å². The summed E-state index contributed by atoms with van der Waals surface area (Å²) < 4.78 is 35.1. The van der Waals surface area contributed by atoms with Crippen LogP contribution >= 0.6 is 0 Å². The van der Waals surface area contributed by atoms with Crippen molar-refractivity contribution < 1.29 is 22.1 Å². The molecule has 6 nitrogen and oxygen atoms in total. The first-order valence-electron chi connectivity index (χ1n) is 10.1. The van der Waals surface area contributed by atoms with Gasteiger partial charge in [-0.2, -0.15) is 0 Å². The Labute approximate surface area is 160 Å². The van der Waals surface area contributed by atoms with Gasteiger partial charge in [-0.25, -0.2) is 13.0 Å². The van der Waals surface area contributed by atoms with Crippen molar-refractivity contribution in [2.45, 2.75) is 103 Å². The summed E-state index contributed by atoms with van der Waals surface area (Å²) >= 11 is 0. The molecule has 1 rings (SSSR count). The van der Waals surface area contributed by atoms with E-state index in [2.05, 4.69) is 22.7 Å². The van der Waals surface area contributed by atoms with Crippen LogP contribution in [0.5, 0.6) is 0 Å². The number of hydrogen-bond donors (Lipinski definition) is 2. The van der Waals surface area contributed by atoms with Crippen LogP contribution < -0.4 is 4.57 Å². The molecule has 0 fully saturated rings. The van der Waals surface area contributed by atoms with E-state index in [1.54, 1.807) is 0 Å². The van der Waals surface area contributed by atoms with Crippen molar-refractivity contribution in [3.8, 4) is 0 Å². The maximum Gasteiger partial charge on any atom is 0.241 e. The molecule has 0 aliphatic carbocycles. The van der Waals surface area contributed by atoms with Crippen LogP contribution in [-0.2, 0) is 16.9 Å². The summed E-state index contributed by atoms with van der Waals surface area (Å²) in [5.74, 6) is 0. The summed E-state index contributed by atoms with van der Waals surface area (Å²) in [4.78, 5) is 3.09. The molecule has 1 heterocycles. The zero-order valence-corrected chi connectivity index (χ0v) is 17.2. The van der Waals surface area contributed by atoms with Gasteiger partial charge >= 0.3 is 0 Å². The maximum atomic E-state index is 8.63. The molecule has 0 bridgehead atoms. The third-order valence-electron chi connectivity index (χ3n) is 4.37. The average molecular weight is 391 g/mol. The molecule has 1 aromatic rings. The lowest BCUT2D eigenvalue weighted by Gasteiger charge is -2.03. The highest BCUT2D eigenvalue weighted by molar-refractivity contribution is 7.79. The summed E-state index contributed by atoms with van der Waals surface area (Å²) in [6.45, 7) is 3.46. The molecule has 0 aromatic carbocycles. The van der Waals surface area contributed by atoms with E-state index in [4.69, 9.17) is 17.5 Å².